The van der Waals surface area contributed by atoms with E-state index in [4.69, 9.17) is 15.2 Å². The van der Waals surface area contributed by atoms with Gasteiger partial charge in [0.25, 0.3) is 5.91 Å². The SMILES string of the molecule is COc1cc(C(=O)NCC(O)(c2cc3c(c(-c4ccc(F)cc4)n2)OC[C@@]3(C(N)=O)C2CC2)C(F)(F)F)cc2cccnc12. The number of halogens is 4. The number of amides is 2. The van der Waals surface area contributed by atoms with Crippen LogP contribution in [0.5, 0.6) is 11.5 Å². The van der Waals surface area contributed by atoms with E-state index in [2.05, 4.69) is 15.3 Å². The Balaban J connectivity index is 1.45. The molecule has 13 heteroatoms. The van der Waals surface area contributed by atoms with Gasteiger partial charge in [-0.15, -0.1) is 0 Å². The van der Waals surface area contributed by atoms with E-state index in [0.29, 0.717) is 23.7 Å². The number of rotatable bonds is 8. The summed E-state index contributed by atoms with van der Waals surface area (Å²) < 4.78 is 69.3. The quantitative estimate of drug-likeness (QED) is 0.255. The van der Waals surface area contributed by atoms with Gasteiger partial charge in [0.2, 0.25) is 11.5 Å². The van der Waals surface area contributed by atoms with Crippen molar-refractivity contribution < 1.29 is 41.7 Å². The number of fused-ring (bicyclic) bond motifs is 2. The minimum absolute atomic E-state index is 0.0245. The molecule has 1 fully saturated rings. The average molecular weight is 611 g/mol. The molecule has 2 atom stereocenters. The van der Waals surface area contributed by atoms with Crippen molar-refractivity contribution in [3.8, 4) is 22.8 Å². The van der Waals surface area contributed by atoms with E-state index in [1.165, 1.54) is 37.6 Å². The lowest BCUT2D eigenvalue weighted by molar-refractivity contribution is -0.265. The third kappa shape index (κ3) is 4.67. The third-order valence-electron chi connectivity index (χ3n) is 8.28. The first-order chi connectivity index (χ1) is 20.9. The lowest BCUT2D eigenvalue weighted by Gasteiger charge is -2.32. The molecule has 2 aromatic heterocycles. The molecule has 0 radical (unpaired) electrons. The van der Waals surface area contributed by atoms with Crippen molar-refractivity contribution in [1.82, 2.24) is 15.3 Å². The van der Waals surface area contributed by atoms with Crippen molar-refractivity contribution >= 4 is 22.7 Å². The smallest absolute Gasteiger partial charge is 0.424 e. The van der Waals surface area contributed by atoms with Crippen LogP contribution >= 0.6 is 0 Å². The number of carbonyl (C=O) groups is 2. The molecule has 1 aliphatic carbocycles. The van der Waals surface area contributed by atoms with Gasteiger partial charge in [-0.1, -0.05) is 6.07 Å². The maximum atomic E-state index is 14.8. The number of benzene rings is 2. The van der Waals surface area contributed by atoms with Crippen LogP contribution in [0.1, 0.15) is 34.5 Å². The zero-order chi connectivity index (χ0) is 31.4. The normalized spacial score (nSPS) is 19.1. The van der Waals surface area contributed by atoms with E-state index in [1.807, 2.05) is 0 Å². The minimum atomic E-state index is -5.35. The molecular weight excluding hydrogens is 584 g/mol. The Hall–Kier alpha value is -4.78. The van der Waals surface area contributed by atoms with Crippen molar-refractivity contribution in [2.75, 3.05) is 20.3 Å². The van der Waals surface area contributed by atoms with Gasteiger partial charge in [-0.3, -0.25) is 14.6 Å². The van der Waals surface area contributed by atoms with Crippen molar-refractivity contribution in [2.24, 2.45) is 11.7 Å². The second-order valence-corrected chi connectivity index (χ2v) is 10.9. The Bertz CT molecular complexity index is 1790. The lowest BCUT2D eigenvalue weighted by atomic mass is 9.76. The first-order valence-corrected chi connectivity index (χ1v) is 13.6. The number of pyridine rings is 2. The van der Waals surface area contributed by atoms with Crippen LogP contribution in [0.4, 0.5) is 17.6 Å². The Morgan fingerprint density at radius 3 is 2.52 bits per heavy atom. The molecule has 2 aliphatic rings. The fourth-order valence-electron chi connectivity index (χ4n) is 5.70. The molecule has 1 aliphatic heterocycles. The first-order valence-electron chi connectivity index (χ1n) is 13.6. The molecular formula is C31H26F4N4O5. The lowest BCUT2D eigenvalue weighted by Crippen LogP contribution is -2.52. The number of nitrogens with one attached hydrogen (secondary N) is 1. The summed E-state index contributed by atoms with van der Waals surface area (Å²) in [5, 5.41) is 14.0. The molecule has 0 saturated heterocycles. The molecule has 0 bridgehead atoms. The largest absolute Gasteiger partial charge is 0.494 e. The monoisotopic (exact) mass is 610 g/mol. The van der Waals surface area contributed by atoms with Crippen LogP contribution in [0, 0.1) is 11.7 Å². The van der Waals surface area contributed by atoms with Crippen LogP contribution in [0.2, 0.25) is 0 Å². The average Bonchev–Trinajstić information content (AvgIpc) is 3.78. The van der Waals surface area contributed by atoms with E-state index in [9.17, 15) is 32.3 Å². The summed E-state index contributed by atoms with van der Waals surface area (Å²) in [6.45, 7) is -1.55. The second-order valence-electron chi connectivity index (χ2n) is 10.9. The maximum Gasteiger partial charge on any atom is 0.424 e. The summed E-state index contributed by atoms with van der Waals surface area (Å²) in [6, 6.07) is 11.8. The Morgan fingerprint density at radius 2 is 1.89 bits per heavy atom. The predicted octanol–water partition coefficient (Wildman–Crippen LogP) is 4.15. The number of alkyl halides is 3. The molecule has 9 nitrogen and oxygen atoms in total. The first kappa shape index (κ1) is 29.3. The van der Waals surface area contributed by atoms with Crippen LogP contribution in [-0.2, 0) is 15.8 Å². The minimum Gasteiger partial charge on any atom is -0.494 e. The number of aromatic nitrogens is 2. The Kier molecular flexibility index (Phi) is 6.95. The maximum absolute atomic E-state index is 14.8. The summed E-state index contributed by atoms with van der Waals surface area (Å²) in [5.41, 5.74) is 0.285. The van der Waals surface area contributed by atoms with Gasteiger partial charge in [0.05, 0.1) is 19.3 Å². The predicted molar refractivity (Wildman–Crippen MR) is 149 cm³/mol. The van der Waals surface area contributed by atoms with Crippen LogP contribution < -0.4 is 20.5 Å². The number of methoxy groups -OCH3 is 1. The topological polar surface area (TPSA) is 137 Å². The number of primary amides is 1. The molecule has 6 rings (SSSR count). The van der Waals surface area contributed by atoms with Gasteiger partial charge in [0, 0.05) is 28.3 Å². The molecule has 44 heavy (non-hydrogen) atoms. The number of aliphatic hydroxyl groups is 1. The highest BCUT2D eigenvalue weighted by Gasteiger charge is 2.60. The van der Waals surface area contributed by atoms with E-state index in [1.54, 1.807) is 12.1 Å². The van der Waals surface area contributed by atoms with Gasteiger partial charge in [0.15, 0.2) is 0 Å². The standard InChI is InChI=1S/C31H26F4N4O5/c1-43-22-12-18(11-17-3-2-10-37-24(17)22)27(40)38-14-30(42,31(33,34)35)23-13-21-26(25(39-23)16-4-8-20(32)9-5-16)44-15-29(21,28(36)41)19-6-7-19/h2-5,8-13,19,42H,6-7,14-15H2,1H3,(H2,36,41)(H,38,40)/t29-,30?/m1/s1. The third-order valence-corrected chi connectivity index (χ3v) is 8.28. The number of nitrogens with two attached hydrogens (primary N) is 1. The van der Waals surface area contributed by atoms with Crippen LogP contribution in [-0.4, -0.2) is 53.3 Å². The summed E-state index contributed by atoms with van der Waals surface area (Å²) in [4.78, 5) is 34.4. The van der Waals surface area contributed by atoms with Crippen LogP contribution in [0.25, 0.3) is 22.2 Å². The summed E-state index contributed by atoms with van der Waals surface area (Å²) >= 11 is 0. The van der Waals surface area contributed by atoms with Crippen molar-refractivity contribution in [3.63, 3.8) is 0 Å². The summed E-state index contributed by atoms with van der Waals surface area (Å²) in [5.74, 6) is -2.34. The molecule has 4 N–H and O–H groups in total. The fourth-order valence-corrected chi connectivity index (χ4v) is 5.70. The van der Waals surface area contributed by atoms with Crippen LogP contribution in [0.15, 0.2) is 60.8 Å². The highest BCUT2D eigenvalue weighted by atomic mass is 19.4. The highest BCUT2D eigenvalue weighted by molar-refractivity contribution is 6.00. The van der Waals surface area contributed by atoms with Gasteiger partial charge in [-0.05, 0) is 67.3 Å². The van der Waals surface area contributed by atoms with Gasteiger partial charge in [-0.2, -0.15) is 13.2 Å². The number of ether oxygens (including phenoxy) is 2. The molecule has 228 valence electrons. The molecule has 3 heterocycles. The molecule has 2 aromatic carbocycles. The number of carbonyl (C=O) groups excluding carboxylic acids is 2. The van der Waals surface area contributed by atoms with Crippen molar-refractivity contribution in [3.05, 3.63) is 83.4 Å². The highest BCUT2D eigenvalue weighted by Crippen LogP contribution is 2.56. The molecule has 1 saturated carbocycles. The van der Waals surface area contributed by atoms with Gasteiger partial charge in [0.1, 0.15) is 40.5 Å². The Morgan fingerprint density at radius 1 is 1.16 bits per heavy atom. The molecule has 2 amide bonds. The zero-order valence-corrected chi connectivity index (χ0v) is 23.2. The van der Waals surface area contributed by atoms with E-state index < -0.39 is 47.1 Å². The number of nitrogens with zero attached hydrogens (tertiary/aromatic N) is 2. The van der Waals surface area contributed by atoms with Crippen LogP contribution in [0.3, 0.4) is 0 Å². The van der Waals surface area contributed by atoms with E-state index >= 15 is 0 Å². The second kappa shape index (κ2) is 10.4. The van der Waals surface area contributed by atoms with Gasteiger partial charge >= 0.3 is 6.18 Å². The molecule has 0 spiro atoms. The summed E-state index contributed by atoms with van der Waals surface area (Å²) in [7, 11) is 1.36. The van der Waals surface area contributed by atoms with Crippen molar-refractivity contribution in [1.29, 1.82) is 0 Å². The fraction of sp³-hybridized carbons (Fsp3) is 0.290. The number of hydrogen-bond acceptors (Lipinski definition) is 7. The van der Waals surface area contributed by atoms with E-state index in [0.717, 1.165) is 18.2 Å². The summed E-state index contributed by atoms with van der Waals surface area (Å²) in [6.07, 6.45) is -2.63. The van der Waals surface area contributed by atoms with E-state index in [-0.39, 0.29) is 46.4 Å². The number of hydrogen-bond donors (Lipinski definition) is 3. The molecule has 1 unspecified atom stereocenters. The zero-order valence-electron chi connectivity index (χ0n) is 23.2. The Labute approximate surface area is 248 Å². The van der Waals surface area contributed by atoms with Crippen molar-refractivity contribution in [2.45, 2.75) is 30.0 Å². The van der Waals surface area contributed by atoms with Gasteiger partial charge < -0.3 is 25.6 Å². The van der Waals surface area contributed by atoms with Gasteiger partial charge in [-0.25, -0.2) is 9.37 Å². The molecule has 4 aromatic rings.